The highest BCUT2D eigenvalue weighted by Gasteiger charge is 2.19. The number of hydrogen-bond donors (Lipinski definition) is 1. The van der Waals surface area contributed by atoms with E-state index in [1.54, 1.807) is 42.5 Å². The van der Waals surface area contributed by atoms with Crippen molar-refractivity contribution in [3.63, 3.8) is 0 Å². The number of carbonyl (C=O) groups is 1. The van der Waals surface area contributed by atoms with Crippen LogP contribution in [-0.4, -0.2) is 40.9 Å². The summed E-state index contributed by atoms with van der Waals surface area (Å²) in [5, 5.41) is 3.97. The van der Waals surface area contributed by atoms with E-state index < -0.39 is 16.0 Å². The fourth-order valence-electron chi connectivity index (χ4n) is 3.01. The Balaban J connectivity index is 1.70. The molecular formula is C25H26N2O7S. The molecule has 0 aliphatic carbocycles. The van der Waals surface area contributed by atoms with Crippen LogP contribution in [0.5, 0.6) is 23.0 Å². The number of benzene rings is 3. The molecule has 35 heavy (non-hydrogen) atoms. The molecule has 0 aliphatic rings. The van der Waals surface area contributed by atoms with Gasteiger partial charge < -0.3 is 18.4 Å². The molecule has 3 rings (SSSR count). The van der Waals surface area contributed by atoms with Crippen molar-refractivity contribution in [1.82, 2.24) is 5.43 Å². The minimum Gasteiger partial charge on any atom is -0.493 e. The van der Waals surface area contributed by atoms with Crippen LogP contribution in [0.25, 0.3) is 0 Å². The molecule has 0 aliphatic heterocycles. The number of nitrogens with one attached hydrogen (secondary N) is 1. The minimum absolute atomic E-state index is 0.0235. The molecule has 0 spiro atoms. The largest absolute Gasteiger partial charge is 0.493 e. The predicted octanol–water partition coefficient (Wildman–Crippen LogP) is 4.02. The number of carbonyl (C=O) groups excluding carboxylic acids is 1. The van der Waals surface area contributed by atoms with Gasteiger partial charge in [0.2, 0.25) is 0 Å². The second kappa shape index (κ2) is 11.9. The number of rotatable bonds is 11. The number of methoxy groups -OCH3 is 1. The lowest BCUT2D eigenvalue weighted by atomic mass is 10.2. The second-order valence-corrected chi connectivity index (χ2v) is 8.53. The van der Waals surface area contributed by atoms with E-state index in [1.165, 1.54) is 37.6 Å². The van der Waals surface area contributed by atoms with Crippen LogP contribution in [0.1, 0.15) is 29.8 Å². The quantitative estimate of drug-likeness (QED) is 0.241. The third kappa shape index (κ3) is 6.73. The van der Waals surface area contributed by atoms with Crippen LogP contribution < -0.4 is 23.8 Å². The zero-order valence-corrected chi connectivity index (χ0v) is 20.4. The van der Waals surface area contributed by atoms with Crippen LogP contribution in [0.2, 0.25) is 0 Å². The maximum absolute atomic E-state index is 12.5. The summed E-state index contributed by atoms with van der Waals surface area (Å²) in [6.45, 7) is 4.61. The SMILES string of the molecule is CCOc1ccc(C(=O)N/N=C/c2ccc(OS(=O)(=O)c3ccccc3)c(OC)c2)cc1OCC. The maximum atomic E-state index is 12.5. The van der Waals surface area contributed by atoms with Gasteiger partial charge in [0.1, 0.15) is 4.90 Å². The van der Waals surface area contributed by atoms with Crippen LogP contribution in [0, 0.1) is 0 Å². The zero-order chi connectivity index (χ0) is 25.3. The van der Waals surface area contributed by atoms with Gasteiger partial charge in [-0.3, -0.25) is 4.79 Å². The Morgan fingerprint density at radius 2 is 1.57 bits per heavy atom. The molecule has 0 aromatic heterocycles. The van der Waals surface area contributed by atoms with Crippen molar-refractivity contribution in [2.75, 3.05) is 20.3 Å². The van der Waals surface area contributed by atoms with Crippen LogP contribution in [0.15, 0.2) is 76.7 Å². The van der Waals surface area contributed by atoms with Gasteiger partial charge in [0.05, 0.1) is 26.5 Å². The third-order valence-corrected chi connectivity index (χ3v) is 5.85. The van der Waals surface area contributed by atoms with E-state index in [2.05, 4.69) is 10.5 Å². The summed E-state index contributed by atoms with van der Waals surface area (Å²) in [5.74, 6) is 0.795. The topological polar surface area (TPSA) is 113 Å². The molecule has 9 nitrogen and oxygen atoms in total. The number of nitrogens with zero attached hydrogens (tertiary/aromatic N) is 1. The number of amides is 1. The summed E-state index contributed by atoms with van der Waals surface area (Å²) in [7, 11) is -2.63. The normalized spacial score (nSPS) is 11.2. The van der Waals surface area contributed by atoms with Crippen molar-refractivity contribution in [3.05, 3.63) is 77.9 Å². The highest BCUT2D eigenvalue weighted by atomic mass is 32.2. The molecule has 0 saturated heterocycles. The standard InChI is InChI=1S/C25H26N2O7S/c1-4-32-21-14-12-19(16-24(21)33-5-2)25(28)27-26-17-18-11-13-22(23(15-18)31-3)34-35(29,30)20-9-7-6-8-10-20/h6-17H,4-5H2,1-3H3,(H,27,28)/b26-17+. The monoisotopic (exact) mass is 498 g/mol. The van der Waals surface area contributed by atoms with Crippen LogP contribution in [-0.2, 0) is 10.1 Å². The summed E-state index contributed by atoms with van der Waals surface area (Å²) in [5.41, 5.74) is 3.34. The molecule has 1 amide bonds. The summed E-state index contributed by atoms with van der Waals surface area (Å²) in [6.07, 6.45) is 1.40. The first-order chi connectivity index (χ1) is 16.9. The van der Waals surface area contributed by atoms with Crippen molar-refractivity contribution >= 4 is 22.2 Å². The smallest absolute Gasteiger partial charge is 0.339 e. The van der Waals surface area contributed by atoms with Gasteiger partial charge in [-0.2, -0.15) is 13.5 Å². The predicted molar refractivity (Wildman–Crippen MR) is 131 cm³/mol. The Labute approximate surface area is 204 Å². The molecule has 3 aromatic carbocycles. The van der Waals surface area contributed by atoms with E-state index in [0.717, 1.165) is 0 Å². The number of hydrazone groups is 1. The van der Waals surface area contributed by atoms with Gasteiger partial charge in [-0.1, -0.05) is 18.2 Å². The molecule has 0 fully saturated rings. The van der Waals surface area contributed by atoms with Gasteiger partial charge in [0, 0.05) is 5.56 Å². The molecule has 0 radical (unpaired) electrons. The number of hydrogen-bond acceptors (Lipinski definition) is 8. The second-order valence-electron chi connectivity index (χ2n) is 6.99. The summed E-state index contributed by atoms with van der Waals surface area (Å²) < 4.78 is 46.5. The van der Waals surface area contributed by atoms with Crippen LogP contribution in [0.3, 0.4) is 0 Å². The van der Waals surface area contributed by atoms with Gasteiger partial charge in [0.15, 0.2) is 23.0 Å². The summed E-state index contributed by atoms with van der Waals surface area (Å²) in [4.78, 5) is 12.5. The van der Waals surface area contributed by atoms with Crippen LogP contribution >= 0.6 is 0 Å². The van der Waals surface area contributed by atoms with E-state index in [0.29, 0.717) is 35.8 Å². The van der Waals surface area contributed by atoms with Gasteiger partial charge in [-0.15, -0.1) is 0 Å². The van der Waals surface area contributed by atoms with E-state index in [4.69, 9.17) is 18.4 Å². The molecule has 0 atom stereocenters. The highest BCUT2D eigenvalue weighted by Crippen LogP contribution is 2.31. The molecule has 0 saturated carbocycles. The van der Waals surface area contributed by atoms with E-state index in [-0.39, 0.29) is 16.4 Å². The molecule has 1 N–H and O–H groups in total. The molecule has 3 aromatic rings. The molecular weight excluding hydrogens is 472 g/mol. The Kier molecular flexibility index (Phi) is 8.69. The van der Waals surface area contributed by atoms with Crippen molar-refractivity contribution in [2.45, 2.75) is 18.7 Å². The fraction of sp³-hybridized carbons (Fsp3) is 0.200. The Morgan fingerprint density at radius 3 is 2.26 bits per heavy atom. The van der Waals surface area contributed by atoms with Crippen molar-refractivity contribution < 1.29 is 31.6 Å². The molecule has 10 heteroatoms. The average molecular weight is 499 g/mol. The van der Waals surface area contributed by atoms with Gasteiger partial charge in [-0.25, -0.2) is 5.43 Å². The van der Waals surface area contributed by atoms with E-state index in [1.807, 2.05) is 13.8 Å². The average Bonchev–Trinajstić information content (AvgIpc) is 2.86. The molecule has 0 unspecified atom stereocenters. The lowest BCUT2D eigenvalue weighted by molar-refractivity contribution is 0.0954. The first-order valence-electron chi connectivity index (χ1n) is 10.8. The number of ether oxygens (including phenoxy) is 3. The first kappa shape index (κ1) is 25.6. The lowest BCUT2D eigenvalue weighted by Crippen LogP contribution is -2.17. The third-order valence-electron chi connectivity index (χ3n) is 4.60. The summed E-state index contributed by atoms with van der Waals surface area (Å²) in [6, 6.07) is 17.2. The van der Waals surface area contributed by atoms with Gasteiger partial charge in [-0.05, 0) is 67.9 Å². The Morgan fingerprint density at radius 1 is 0.886 bits per heavy atom. The van der Waals surface area contributed by atoms with Crippen molar-refractivity contribution in [2.24, 2.45) is 5.10 Å². The van der Waals surface area contributed by atoms with E-state index in [9.17, 15) is 13.2 Å². The van der Waals surface area contributed by atoms with Gasteiger partial charge in [0.25, 0.3) is 5.91 Å². The Hall–Kier alpha value is -4.05. The van der Waals surface area contributed by atoms with E-state index >= 15 is 0 Å². The molecule has 0 bridgehead atoms. The molecule has 184 valence electrons. The fourth-order valence-corrected chi connectivity index (χ4v) is 3.97. The highest BCUT2D eigenvalue weighted by molar-refractivity contribution is 7.87. The minimum atomic E-state index is -4.02. The molecule has 0 heterocycles. The first-order valence-corrected chi connectivity index (χ1v) is 12.2. The van der Waals surface area contributed by atoms with Crippen molar-refractivity contribution in [3.8, 4) is 23.0 Å². The maximum Gasteiger partial charge on any atom is 0.339 e. The van der Waals surface area contributed by atoms with Crippen LogP contribution in [0.4, 0.5) is 0 Å². The Bertz CT molecular complexity index is 1290. The van der Waals surface area contributed by atoms with Gasteiger partial charge >= 0.3 is 10.1 Å². The zero-order valence-electron chi connectivity index (χ0n) is 19.6. The summed E-state index contributed by atoms with van der Waals surface area (Å²) >= 11 is 0. The lowest BCUT2D eigenvalue weighted by Gasteiger charge is -2.12. The van der Waals surface area contributed by atoms with Crippen molar-refractivity contribution in [1.29, 1.82) is 0 Å².